The van der Waals surface area contributed by atoms with Crippen molar-refractivity contribution in [2.45, 2.75) is 31.7 Å². The Morgan fingerprint density at radius 1 is 1.20 bits per heavy atom. The Bertz CT molecular complexity index is 427. The van der Waals surface area contributed by atoms with Gasteiger partial charge in [0.2, 0.25) is 0 Å². The smallest absolute Gasteiger partial charge is 0.383 e. The molecule has 0 amide bonds. The molecule has 1 aromatic rings. The summed E-state index contributed by atoms with van der Waals surface area (Å²) in [5.41, 5.74) is 1.09. The number of alkyl halides is 3. The lowest BCUT2D eigenvalue weighted by molar-refractivity contribution is -0.223. The van der Waals surface area contributed by atoms with E-state index in [4.69, 9.17) is 11.6 Å². The molecule has 0 aliphatic carbocycles. The third kappa shape index (κ3) is 4.11. The summed E-state index contributed by atoms with van der Waals surface area (Å²) in [4.78, 5) is 2.10. The topological polar surface area (TPSA) is 23.5 Å². The van der Waals surface area contributed by atoms with Crippen molar-refractivity contribution in [1.29, 1.82) is 0 Å². The minimum Gasteiger partial charge on any atom is -0.383 e. The molecule has 1 aliphatic rings. The summed E-state index contributed by atoms with van der Waals surface area (Å²) in [6.07, 6.45) is -5.97. The fourth-order valence-corrected chi connectivity index (χ4v) is 2.67. The van der Waals surface area contributed by atoms with E-state index in [1.807, 2.05) is 12.1 Å². The van der Waals surface area contributed by atoms with E-state index < -0.39 is 18.2 Å². The summed E-state index contributed by atoms with van der Waals surface area (Å²) in [5, 5.41) is 9.93. The molecule has 2 nitrogen and oxygen atoms in total. The van der Waals surface area contributed by atoms with Crippen LogP contribution in [0.25, 0.3) is 0 Å². The molecule has 1 unspecified atom stereocenters. The maximum Gasteiger partial charge on any atom is 0.414 e. The second-order valence-electron chi connectivity index (χ2n) is 5.23. The zero-order valence-electron chi connectivity index (χ0n) is 10.9. The number of hydrogen-bond acceptors (Lipinski definition) is 2. The van der Waals surface area contributed by atoms with E-state index in [1.54, 1.807) is 12.1 Å². The first kappa shape index (κ1) is 15.6. The van der Waals surface area contributed by atoms with Gasteiger partial charge in [0.25, 0.3) is 0 Å². The van der Waals surface area contributed by atoms with Crippen LogP contribution in [0.2, 0.25) is 5.02 Å². The second-order valence-corrected chi connectivity index (χ2v) is 5.66. The van der Waals surface area contributed by atoms with Crippen LogP contribution in [-0.4, -0.2) is 35.4 Å². The lowest BCUT2D eigenvalue weighted by atomic mass is 9.90. The van der Waals surface area contributed by atoms with Crippen molar-refractivity contribution >= 4 is 11.6 Å². The molecule has 1 aliphatic heterocycles. The van der Waals surface area contributed by atoms with E-state index >= 15 is 0 Å². The summed E-state index contributed by atoms with van der Waals surface area (Å²) in [6, 6.07) is 7.44. The fraction of sp³-hybridized carbons (Fsp3) is 0.571. The van der Waals surface area contributed by atoms with Crippen molar-refractivity contribution in [3.63, 3.8) is 0 Å². The van der Waals surface area contributed by atoms with Gasteiger partial charge < -0.3 is 5.11 Å². The van der Waals surface area contributed by atoms with Crippen LogP contribution < -0.4 is 0 Å². The number of halogens is 4. The Morgan fingerprint density at radius 3 is 2.25 bits per heavy atom. The van der Waals surface area contributed by atoms with Gasteiger partial charge in [-0.1, -0.05) is 23.7 Å². The quantitative estimate of drug-likeness (QED) is 0.924. The maximum atomic E-state index is 12.4. The van der Waals surface area contributed by atoms with Gasteiger partial charge >= 0.3 is 6.18 Å². The molecule has 2 rings (SSSR count). The largest absolute Gasteiger partial charge is 0.414 e. The predicted molar refractivity (Wildman–Crippen MR) is 71.5 cm³/mol. The maximum absolute atomic E-state index is 12.4. The van der Waals surface area contributed by atoms with Crippen LogP contribution in [0.4, 0.5) is 13.2 Å². The van der Waals surface area contributed by atoms with Crippen LogP contribution in [0.3, 0.4) is 0 Å². The monoisotopic (exact) mass is 307 g/mol. The molecular weight excluding hydrogens is 291 g/mol. The molecule has 1 aromatic carbocycles. The Hall–Kier alpha value is -0.780. The summed E-state index contributed by atoms with van der Waals surface area (Å²) < 4.78 is 37.3. The molecule has 1 N–H and O–H groups in total. The SMILES string of the molecule is OC(C1CCN(Cc2ccc(Cl)cc2)CC1)C(F)(F)F. The van der Waals surface area contributed by atoms with Gasteiger partial charge in [0, 0.05) is 11.6 Å². The summed E-state index contributed by atoms with van der Waals surface area (Å²) in [6.45, 7) is 1.84. The molecule has 0 bridgehead atoms. The average molecular weight is 308 g/mol. The molecule has 1 atom stereocenters. The van der Waals surface area contributed by atoms with Gasteiger partial charge in [0.1, 0.15) is 0 Å². The first-order chi connectivity index (χ1) is 9.36. The number of benzene rings is 1. The molecule has 0 spiro atoms. The highest BCUT2D eigenvalue weighted by Gasteiger charge is 2.44. The molecule has 1 fully saturated rings. The zero-order valence-corrected chi connectivity index (χ0v) is 11.7. The van der Waals surface area contributed by atoms with Crippen molar-refractivity contribution in [1.82, 2.24) is 4.90 Å². The van der Waals surface area contributed by atoms with E-state index in [0.717, 1.165) is 5.56 Å². The average Bonchev–Trinajstić information content (AvgIpc) is 2.40. The Labute approximate surface area is 121 Å². The number of nitrogens with zero attached hydrogens (tertiary/aromatic N) is 1. The minimum absolute atomic E-state index is 0.369. The minimum atomic E-state index is -4.51. The molecule has 20 heavy (non-hydrogen) atoms. The summed E-state index contributed by atoms with van der Waals surface area (Å²) in [7, 11) is 0. The fourth-order valence-electron chi connectivity index (χ4n) is 2.54. The van der Waals surface area contributed by atoms with E-state index in [1.165, 1.54) is 0 Å². The molecule has 0 radical (unpaired) electrons. The van der Waals surface area contributed by atoms with Crippen LogP contribution in [0, 0.1) is 5.92 Å². The highest BCUT2D eigenvalue weighted by Crippen LogP contribution is 2.31. The molecule has 6 heteroatoms. The highest BCUT2D eigenvalue weighted by atomic mass is 35.5. The molecular formula is C14H17ClF3NO. The predicted octanol–water partition coefficient (Wildman–Crippen LogP) is 3.48. The van der Waals surface area contributed by atoms with Gasteiger partial charge in [0.05, 0.1) is 0 Å². The lowest BCUT2D eigenvalue weighted by Gasteiger charge is -2.34. The molecule has 1 saturated heterocycles. The van der Waals surface area contributed by atoms with Crippen molar-refractivity contribution in [3.8, 4) is 0 Å². The van der Waals surface area contributed by atoms with Crippen molar-refractivity contribution < 1.29 is 18.3 Å². The van der Waals surface area contributed by atoms with Crippen molar-refractivity contribution in [2.24, 2.45) is 5.92 Å². The van der Waals surface area contributed by atoms with Crippen LogP contribution in [0.15, 0.2) is 24.3 Å². The standard InChI is InChI=1S/C14H17ClF3NO/c15-12-3-1-10(2-4-12)9-19-7-5-11(6-8-19)13(20)14(16,17)18/h1-4,11,13,20H,5-9H2. The number of piperidine rings is 1. The number of likely N-dealkylation sites (tertiary alicyclic amines) is 1. The van der Waals surface area contributed by atoms with E-state index in [9.17, 15) is 18.3 Å². The Balaban J connectivity index is 1.84. The lowest BCUT2D eigenvalue weighted by Crippen LogP contribution is -2.43. The van der Waals surface area contributed by atoms with Gasteiger partial charge in [-0.25, -0.2) is 0 Å². The number of rotatable bonds is 3. The van der Waals surface area contributed by atoms with Crippen molar-refractivity contribution in [3.05, 3.63) is 34.9 Å². The summed E-state index contributed by atoms with van der Waals surface area (Å²) >= 11 is 5.80. The second kappa shape index (κ2) is 6.33. The van der Waals surface area contributed by atoms with Crippen LogP contribution in [-0.2, 0) is 6.54 Å². The van der Waals surface area contributed by atoms with Crippen LogP contribution in [0.5, 0.6) is 0 Å². The number of aliphatic hydroxyl groups excluding tert-OH is 1. The molecule has 1 heterocycles. The van der Waals surface area contributed by atoms with E-state index in [0.29, 0.717) is 37.5 Å². The Morgan fingerprint density at radius 2 is 1.75 bits per heavy atom. The third-order valence-electron chi connectivity index (χ3n) is 3.73. The zero-order chi connectivity index (χ0) is 14.8. The van der Waals surface area contributed by atoms with E-state index in [2.05, 4.69) is 4.90 Å². The molecule has 0 saturated carbocycles. The van der Waals surface area contributed by atoms with Gasteiger partial charge in [0.15, 0.2) is 6.10 Å². The van der Waals surface area contributed by atoms with Crippen LogP contribution >= 0.6 is 11.6 Å². The summed E-state index contributed by atoms with van der Waals surface area (Å²) in [5.74, 6) is -0.684. The first-order valence-electron chi connectivity index (χ1n) is 6.58. The van der Waals surface area contributed by atoms with E-state index in [-0.39, 0.29) is 0 Å². The normalized spacial score (nSPS) is 20.1. The first-order valence-corrected chi connectivity index (χ1v) is 6.95. The van der Waals surface area contributed by atoms with Gasteiger partial charge in [-0.2, -0.15) is 13.2 Å². The Kier molecular flexibility index (Phi) is 4.94. The van der Waals surface area contributed by atoms with Gasteiger partial charge in [-0.15, -0.1) is 0 Å². The third-order valence-corrected chi connectivity index (χ3v) is 3.99. The molecule has 0 aromatic heterocycles. The van der Waals surface area contributed by atoms with Gasteiger partial charge in [-0.3, -0.25) is 4.90 Å². The van der Waals surface area contributed by atoms with Crippen LogP contribution in [0.1, 0.15) is 18.4 Å². The number of aliphatic hydroxyl groups is 1. The van der Waals surface area contributed by atoms with Crippen molar-refractivity contribution in [2.75, 3.05) is 13.1 Å². The van der Waals surface area contributed by atoms with Gasteiger partial charge in [-0.05, 0) is 49.5 Å². The number of hydrogen-bond donors (Lipinski definition) is 1. The highest BCUT2D eigenvalue weighted by molar-refractivity contribution is 6.30. The molecule has 112 valence electrons.